The summed E-state index contributed by atoms with van der Waals surface area (Å²) in [6.07, 6.45) is 3.15. The smallest absolute Gasteiger partial charge is 0.0641 e. The third kappa shape index (κ3) is 3.04. The SMILES string of the molecule is CCC(C)NC(CN)c1cn(C)nc1C. The Balaban J connectivity index is 2.78. The Kier molecular flexibility index (Phi) is 4.29. The number of aromatic nitrogens is 2. The van der Waals surface area contributed by atoms with Gasteiger partial charge < -0.3 is 11.1 Å². The van der Waals surface area contributed by atoms with E-state index in [2.05, 4.69) is 24.3 Å². The van der Waals surface area contributed by atoms with E-state index in [4.69, 9.17) is 5.73 Å². The second-order valence-corrected chi connectivity index (χ2v) is 4.11. The van der Waals surface area contributed by atoms with E-state index >= 15 is 0 Å². The summed E-state index contributed by atoms with van der Waals surface area (Å²) in [6.45, 7) is 6.98. The molecule has 3 N–H and O–H groups in total. The van der Waals surface area contributed by atoms with Gasteiger partial charge in [0, 0.05) is 37.4 Å². The lowest BCUT2D eigenvalue weighted by Gasteiger charge is -2.20. The van der Waals surface area contributed by atoms with Crippen molar-refractivity contribution in [2.45, 2.75) is 39.3 Å². The summed E-state index contributed by atoms with van der Waals surface area (Å²) in [5.41, 5.74) is 8.05. The first kappa shape index (κ1) is 12.2. The third-order valence-corrected chi connectivity index (χ3v) is 2.76. The van der Waals surface area contributed by atoms with Crippen LogP contribution in [0.25, 0.3) is 0 Å². The van der Waals surface area contributed by atoms with Crippen molar-refractivity contribution >= 4 is 0 Å². The molecule has 0 saturated heterocycles. The average molecular weight is 210 g/mol. The van der Waals surface area contributed by atoms with Crippen molar-refractivity contribution in [1.82, 2.24) is 15.1 Å². The molecule has 0 aromatic carbocycles. The van der Waals surface area contributed by atoms with Crippen LogP contribution >= 0.6 is 0 Å². The summed E-state index contributed by atoms with van der Waals surface area (Å²) < 4.78 is 1.84. The molecule has 1 aromatic heterocycles. The van der Waals surface area contributed by atoms with Gasteiger partial charge in [0.15, 0.2) is 0 Å². The molecule has 0 radical (unpaired) electrons. The maximum absolute atomic E-state index is 5.79. The van der Waals surface area contributed by atoms with Gasteiger partial charge in [0.1, 0.15) is 0 Å². The van der Waals surface area contributed by atoms with Crippen LogP contribution < -0.4 is 11.1 Å². The van der Waals surface area contributed by atoms with Crippen LogP contribution in [-0.4, -0.2) is 22.4 Å². The molecule has 0 fully saturated rings. The minimum Gasteiger partial charge on any atom is -0.329 e. The van der Waals surface area contributed by atoms with Crippen LogP contribution in [0.4, 0.5) is 0 Å². The van der Waals surface area contributed by atoms with Crippen LogP contribution in [0.15, 0.2) is 6.20 Å². The predicted molar refractivity (Wildman–Crippen MR) is 62.6 cm³/mol. The van der Waals surface area contributed by atoms with Gasteiger partial charge in [-0.25, -0.2) is 0 Å². The van der Waals surface area contributed by atoms with Gasteiger partial charge in [0.05, 0.1) is 5.69 Å². The zero-order valence-corrected chi connectivity index (χ0v) is 10.1. The molecule has 1 aromatic rings. The molecule has 4 heteroatoms. The summed E-state index contributed by atoms with van der Waals surface area (Å²) >= 11 is 0. The van der Waals surface area contributed by atoms with E-state index in [-0.39, 0.29) is 6.04 Å². The topological polar surface area (TPSA) is 55.9 Å². The maximum Gasteiger partial charge on any atom is 0.0641 e. The molecule has 0 spiro atoms. The standard InChI is InChI=1S/C11H22N4/c1-5-8(2)13-11(6-12)10-7-15(4)14-9(10)3/h7-8,11,13H,5-6,12H2,1-4H3. The largest absolute Gasteiger partial charge is 0.329 e. The van der Waals surface area contributed by atoms with E-state index in [1.54, 1.807) is 0 Å². The van der Waals surface area contributed by atoms with Crippen LogP contribution in [0, 0.1) is 6.92 Å². The molecule has 0 aliphatic carbocycles. The third-order valence-electron chi connectivity index (χ3n) is 2.76. The molecule has 0 aliphatic rings. The lowest BCUT2D eigenvalue weighted by atomic mass is 10.1. The Morgan fingerprint density at radius 2 is 2.27 bits per heavy atom. The van der Waals surface area contributed by atoms with Crippen molar-refractivity contribution in [1.29, 1.82) is 0 Å². The van der Waals surface area contributed by atoms with Gasteiger partial charge in [-0.15, -0.1) is 0 Å². The molecule has 0 saturated carbocycles. The van der Waals surface area contributed by atoms with E-state index in [0.717, 1.165) is 12.1 Å². The lowest BCUT2D eigenvalue weighted by molar-refractivity contribution is 0.450. The lowest BCUT2D eigenvalue weighted by Crippen LogP contribution is -2.34. The monoisotopic (exact) mass is 210 g/mol. The van der Waals surface area contributed by atoms with Gasteiger partial charge in [-0.1, -0.05) is 6.92 Å². The molecule has 0 amide bonds. The molecule has 1 rings (SSSR count). The Bertz CT molecular complexity index is 306. The minimum atomic E-state index is 0.216. The van der Waals surface area contributed by atoms with Crippen molar-refractivity contribution in [3.63, 3.8) is 0 Å². The molecule has 2 unspecified atom stereocenters. The zero-order chi connectivity index (χ0) is 11.4. The Morgan fingerprint density at radius 3 is 2.67 bits per heavy atom. The first-order chi connectivity index (χ1) is 7.08. The highest BCUT2D eigenvalue weighted by Crippen LogP contribution is 2.16. The number of hydrogen-bond donors (Lipinski definition) is 2. The summed E-state index contributed by atoms with van der Waals surface area (Å²) in [5.74, 6) is 0. The predicted octanol–water partition coefficient (Wildman–Crippen LogP) is 1.12. The molecule has 15 heavy (non-hydrogen) atoms. The first-order valence-corrected chi connectivity index (χ1v) is 5.54. The quantitative estimate of drug-likeness (QED) is 0.765. The number of aryl methyl sites for hydroxylation is 2. The fourth-order valence-corrected chi connectivity index (χ4v) is 1.71. The summed E-state index contributed by atoms with van der Waals surface area (Å²) in [4.78, 5) is 0. The molecule has 4 nitrogen and oxygen atoms in total. The fraction of sp³-hybridized carbons (Fsp3) is 0.727. The van der Waals surface area contributed by atoms with Crippen molar-refractivity contribution in [3.05, 3.63) is 17.5 Å². The molecular formula is C11H22N4. The second-order valence-electron chi connectivity index (χ2n) is 4.11. The fourth-order valence-electron chi connectivity index (χ4n) is 1.71. The number of hydrogen-bond acceptors (Lipinski definition) is 3. The van der Waals surface area contributed by atoms with Crippen molar-refractivity contribution in [2.75, 3.05) is 6.54 Å². The zero-order valence-electron chi connectivity index (χ0n) is 10.1. The van der Waals surface area contributed by atoms with E-state index in [9.17, 15) is 0 Å². The van der Waals surface area contributed by atoms with Crippen LogP contribution in [0.3, 0.4) is 0 Å². The Morgan fingerprint density at radius 1 is 1.60 bits per heavy atom. The number of nitrogens with zero attached hydrogens (tertiary/aromatic N) is 2. The molecule has 2 atom stereocenters. The summed E-state index contributed by atoms with van der Waals surface area (Å²) in [6, 6.07) is 0.701. The Hall–Kier alpha value is -0.870. The van der Waals surface area contributed by atoms with E-state index < -0.39 is 0 Å². The summed E-state index contributed by atoms with van der Waals surface area (Å²) in [5, 5.41) is 7.84. The van der Waals surface area contributed by atoms with Crippen molar-refractivity contribution < 1.29 is 0 Å². The molecule has 0 aliphatic heterocycles. The molecule has 1 heterocycles. The first-order valence-electron chi connectivity index (χ1n) is 5.54. The van der Waals surface area contributed by atoms with Crippen LogP contribution in [0.5, 0.6) is 0 Å². The summed E-state index contributed by atoms with van der Waals surface area (Å²) in [7, 11) is 1.94. The number of nitrogens with one attached hydrogen (secondary N) is 1. The van der Waals surface area contributed by atoms with Crippen LogP contribution in [-0.2, 0) is 7.05 Å². The van der Waals surface area contributed by atoms with Gasteiger partial charge in [0.25, 0.3) is 0 Å². The van der Waals surface area contributed by atoms with Gasteiger partial charge in [-0.05, 0) is 20.3 Å². The van der Waals surface area contributed by atoms with Gasteiger partial charge in [-0.3, -0.25) is 4.68 Å². The highest BCUT2D eigenvalue weighted by Gasteiger charge is 2.16. The van der Waals surface area contributed by atoms with E-state index in [1.165, 1.54) is 5.56 Å². The van der Waals surface area contributed by atoms with Gasteiger partial charge >= 0.3 is 0 Å². The number of rotatable bonds is 5. The highest BCUT2D eigenvalue weighted by molar-refractivity contribution is 5.20. The Labute approximate surface area is 91.8 Å². The van der Waals surface area contributed by atoms with Crippen molar-refractivity contribution in [3.8, 4) is 0 Å². The van der Waals surface area contributed by atoms with E-state index in [0.29, 0.717) is 12.6 Å². The van der Waals surface area contributed by atoms with Gasteiger partial charge in [0.2, 0.25) is 0 Å². The minimum absolute atomic E-state index is 0.216. The molecule has 86 valence electrons. The van der Waals surface area contributed by atoms with Gasteiger partial charge in [-0.2, -0.15) is 5.10 Å². The second kappa shape index (κ2) is 5.28. The molecule has 0 bridgehead atoms. The number of nitrogens with two attached hydrogens (primary N) is 1. The van der Waals surface area contributed by atoms with Crippen LogP contribution in [0.1, 0.15) is 37.6 Å². The normalized spacial score (nSPS) is 15.3. The molecular weight excluding hydrogens is 188 g/mol. The van der Waals surface area contributed by atoms with Crippen LogP contribution in [0.2, 0.25) is 0 Å². The average Bonchev–Trinajstić information content (AvgIpc) is 2.54. The maximum atomic E-state index is 5.79. The highest BCUT2D eigenvalue weighted by atomic mass is 15.3. The van der Waals surface area contributed by atoms with Crippen molar-refractivity contribution in [2.24, 2.45) is 12.8 Å². The van der Waals surface area contributed by atoms with E-state index in [1.807, 2.05) is 24.9 Å².